The number of carbonyl (C=O) groups is 1. The Morgan fingerprint density at radius 2 is 1.92 bits per heavy atom. The third-order valence-electron chi connectivity index (χ3n) is 5.65. The van der Waals surface area contributed by atoms with Crippen LogP contribution in [-0.2, 0) is 20.0 Å². The summed E-state index contributed by atoms with van der Waals surface area (Å²) in [7, 11) is 1.95. The first-order valence-electron chi connectivity index (χ1n) is 9.56. The molecule has 1 atom stereocenters. The fourth-order valence-corrected chi connectivity index (χ4v) is 3.94. The second-order valence-electron chi connectivity index (χ2n) is 7.71. The van der Waals surface area contributed by atoms with Gasteiger partial charge in [0.05, 0.1) is 11.4 Å². The van der Waals surface area contributed by atoms with Gasteiger partial charge in [0.2, 0.25) is 0 Å². The van der Waals surface area contributed by atoms with Gasteiger partial charge < -0.3 is 5.32 Å². The Kier molecular flexibility index (Phi) is 5.44. The minimum absolute atomic E-state index is 0.00322. The molecule has 1 amide bonds. The number of amides is 1. The molecule has 0 radical (unpaired) electrons. The Hall–Kier alpha value is -2.18. The van der Waals surface area contributed by atoms with E-state index in [0.717, 1.165) is 30.0 Å². The van der Waals surface area contributed by atoms with Crippen LogP contribution in [-0.4, -0.2) is 36.7 Å². The van der Waals surface area contributed by atoms with Crippen LogP contribution < -0.4 is 5.32 Å². The van der Waals surface area contributed by atoms with Crippen molar-refractivity contribution in [3.8, 4) is 0 Å². The minimum atomic E-state index is -0.146. The lowest BCUT2D eigenvalue weighted by Crippen LogP contribution is -2.35. The van der Waals surface area contributed by atoms with Gasteiger partial charge in [-0.2, -0.15) is 5.10 Å². The molecule has 3 rings (SSSR count). The van der Waals surface area contributed by atoms with E-state index in [-0.39, 0.29) is 11.9 Å². The summed E-state index contributed by atoms with van der Waals surface area (Å²) >= 11 is 0. The Morgan fingerprint density at radius 1 is 1.23 bits per heavy atom. The fourth-order valence-electron chi connectivity index (χ4n) is 3.94. The second kappa shape index (κ2) is 7.60. The first-order valence-corrected chi connectivity index (χ1v) is 9.56. The summed E-state index contributed by atoms with van der Waals surface area (Å²) in [6.45, 7) is 8.89. The van der Waals surface area contributed by atoms with Gasteiger partial charge in [-0.1, -0.05) is 18.1 Å². The topological polar surface area (TPSA) is 77.6 Å². The number of rotatable bonds is 6. The van der Waals surface area contributed by atoms with Gasteiger partial charge in [-0.05, 0) is 58.4 Å². The van der Waals surface area contributed by atoms with Crippen LogP contribution in [0, 0.1) is 26.7 Å². The molecular formula is C19H30N6O. The predicted molar refractivity (Wildman–Crippen MR) is 100 cm³/mol. The molecule has 1 N–H and O–H groups in total. The Bertz CT molecular complexity index is 784. The summed E-state index contributed by atoms with van der Waals surface area (Å²) in [5.74, 6) is 0.522. The molecule has 1 fully saturated rings. The molecule has 0 aromatic carbocycles. The van der Waals surface area contributed by atoms with Gasteiger partial charge in [-0.25, -0.2) is 4.68 Å². The van der Waals surface area contributed by atoms with Crippen LogP contribution in [0.15, 0.2) is 0 Å². The van der Waals surface area contributed by atoms with Gasteiger partial charge in [-0.3, -0.25) is 9.48 Å². The van der Waals surface area contributed by atoms with E-state index in [1.807, 2.05) is 37.2 Å². The number of nitrogens with one attached hydrogen (secondary N) is 1. The molecule has 1 aliphatic carbocycles. The van der Waals surface area contributed by atoms with Crippen molar-refractivity contribution in [2.24, 2.45) is 13.0 Å². The highest BCUT2D eigenvalue weighted by Gasteiger charge is 2.22. The summed E-state index contributed by atoms with van der Waals surface area (Å²) in [5.41, 5.74) is 4.65. The average molecular weight is 358 g/mol. The summed E-state index contributed by atoms with van der Waals surface area (Å²) in [5, 5.41) is 15.9. The summed E-state index contributed by atoms with van der Waals surface area (Å²) in [4.78, 5) is 12.6. The summed E-state index contributed by atoms with van der Waals surface area (Å²) in [6.07, 6.45) is 5.86. The van der Waals surface area contributed by atoms with Crippen LogP contribution >= 0.6 is 0 Å². The lowest BCUT2D eigenvalue weighted by atomic mass is 10.1. The third kappa shape index (κ3) is 3.81. The van der Waals surface area contributed by atoms with Gasteiger partial charge in [0.1, 0.15) is 0 Å². The molecule has 0 spiro atoms. The lowest BCUT2D eigenvalue weighted by molar-refractivity contribution is 0.0934. The van der Waals surface area contributed by atoms with Crippen molar-refractivity contribution >= 4 is 5.91 Å². The first-order chi connectivity index (χ1) is 12.4. The number of hydrogen-bond donors (Lipinski definition) is 1. The summed E-state index contributed by atoms with van der Waals surface area (Å²) < 4.78 is 3.78. The zero-order valence-electron chi connectivity index (χ0n) is 16.5. The zero-order valence-corrected chi connectivity index (χ0v) is 16.5. The highest BCUT2D eigenvalue weighted by Crippen LogP contribution is 2.26. The highest BCUT2D eigenvalue weighted by atomic mass is 16.2. The van der Waals surface area contributed by atoms with E-state index in [0.29, 0.717) is 11.6 Å². The maximum atomic E-state index is 12.6. The standard InChI is InChI=1S/C19H30N6O/c1-12(10-17-13(2)22-24(5)14(17)3)20-19(26)18-15(4)25(23-21-18)11-16-8-6-7-9-16/h12,16H,6-11H2,1-5H3,(H,20,26). The highest BCUT2D eigenvalue weighted by molar-refractivity contribution is 5.93. The van der Waals surface area contributed by atoms with E-state index in [4.69, 9.17) is 0 Å². The molecule has 1 saturated carbocycles. The molecule has 7 nitrogen and oxygen atoms in total. The number of nitrogens with zero attached hydrogens (tertiary/aromatic N) is 5. The predicted octanol–water partition coefficient (Wildman–Crippen LogP) is 2.49. The van der Waals surface area contributed by atoms with Crippen molar-refractivity contribution in [1.82, 2.24) is 30.1 Å². The summed E-state index contributed by atoms with van der Waals surface area (Å²) in [6, 6.07) is 0.00322. The molecule has 2 aromatic heterocycles. The van der Waals surface area contributed by atoms with Crippen LogP contribution in [0.2, 0.25) is 0 Å². The molecule has 142 valence electrons. The monoisotopic (exact) mass is 358 g/mol. The number of aromatic nitrogens is 5. The van der Waals surface area contributed by atoms with Gasteiger partial charge >= 0.3 is 0 Å². The van der Waals surface area contributed by atoms with Crippen molar-refractivity contribution in [2.45, 2.75) is 72.4 Å². The van der Waals surface area contributed by atoms with Gasteiger partial charge in [0.15, 0.2) is 5.69 Å². The van der Waals surface area contributed by atoms with E-state index < -0.39 is 0 Å². The van der Waals surface area contributed by atoms with Gasteiger partial charge in [0, 0.05) is 25.3 Å². The lowest BCUT2D eigenvalue weighted by Gasteiger charge is -2.14. The van der Waals surface area contributed by atoms with Crippen molar-refractivity contribution in [2.75, 3.05) is 0 Å². The number of carbonyl (C=O) groups excluding carboxylic acids is 1. The zero-order chi connectivity index (χ0) is 18.8. The molecule has 2 aromatic rings. The smallest absolute Gasteiger partial charge is 0.273 e. The van der Waals surface area contributed by atoms with E-state index in [1.54, 1.807) is 0 Å². The van der Waals surface area contributed by atoms with Crippen LogP contribution in [0.5, 0.6) is 0 Å². The van der Waals surface area contributed by atoms with Crippen LogP contribution in [0.1, 0.15) is 65.7 Å². The second-order valence-corrected chi connectivity index (χ2v) is 7.71. The molecule has 1 unspecified atom stereocenters. The largest absolute Gasteiger partial charge is 0.348 e. The maximum absolute atomic E-state index is 12.6. The SMILES string of the molecule is Cc1nn(C)c(C)c1CC(C)NC(=O)c1nnn(CC2CCCC2)c1C. The Morgan fingerprint density at radius 3 is 2.54 bits per heavy atom. The average Bonchev–Trinajstić information content (AvgIpc) is 3.27. The van der Waals surface area contributed by atoms with Crippen LogP contribution in [0.3, 0.4) is 0 Å². The minimum Gasteiger partial charge on any atom is -0.348 e. The van der Waals surface area contributed by atoms with E-state index in [9.17, 15) is 4.79 Å². The van der Waals surface area contributed by atoms with Crippen LogP contribution in [0.25, 0.3) is 0 Å². The van der Waals surface area contributed by atoms with E-state index >= 15 is 0 Å². The Balaban J connectivity index is 1.63. The molecule has 0 aliphatic heterocycles. The van der Waals surface area contributed by atoms with E-state index in [1.165, 1.54) is 31.2 Å². The van der Waals surface area contributed by atoms with Crippen molar-refractivity contribution in [1.29, 1.82) is 0 Å². The molecule has 1 aliphatic rings. The van der Waals surface area contributed by atoms with Gasteiger partial charge in [-0.15, -0.1) is 5.10 Å². The Labute approximate surface area is 155 Å². The van der Waals surface area contributed by atoms with Crippen molar-refractivity contribution in [3.05, 3.63) is 28.3 Å². The fraction of sp³-hybridized carbons (Fsp3) is 0.684. The molecule has 26 heavy (non-hydrogen) atoms. The normalized spacial score (nSPS) is 16.2. The van der Waals surface area contributed by atoms with E-state index in [2.05, 4.69) is 27.7 Å². The number of aryl methyl sites for hydroxylation is 2. The third-order valence-corrected chi connectivity index (χ3v) is 5.65. The molecule has 2 heterocycles. The van der Waals surface area contributed by atoms with Crippen molar-refractivity contribution in [3.63, 3.8) is 0 Å². The molecular weight excluding hydrogens is 328 g/mol. The first kappa shape index (κ1) is 18.6. The quantitative estimate of drug-likeness (QED) is 0.860. The van der Waals surface area contributed by atoms with Crippen molar-refractivity contribution < 1.29 is 4.79 Å². The molecule has 0 bridgehead atoms. The maximum Gasteiger partial charge on any atom is 0.273 e. The molecule has 7 heteroatoms. The van der Waals surface area contributed by atoms with Gasteiger partial charge in [0.25, 0.3) is 5.91 Å². The number of hydrogen-bond acceptors (Lipinski definition) is 4. The molecule has 0 saturated heterocycles. The van der Waals surface area contributed by atoms with Crippen LogP contribution in [0.4, 0.5) is 0 Å².